The van der Waals surface area contributed by atoms with Crippen LogP contribution in [-0.4, -0.2) is 16.6 Å². The van der Waals surface area contributed by atoms with Gasteiger partial charge in [0.1, 0.15) is 11.1 Å². The van der Waals surface area contributed by atoms with E-state index >= 15 is 0 Å². The molecule has 1 heterocycles. The van der Waals surface area contributed by atoms with Crippen molar-refractivity contribution in [2.45, 2.75) is 38.1 Å². The second-order valence-corrected chi connectivity index (χ2v) is 6.61. The molecular formula is C19H21N3OS. The van der Waals surface area contributed by atoms with Crippen LogP contribution in [0.15, 0.2) is 41.4 Å². The molecule has 0 fully saturated rings. The summed E-state index contributed by atoms with van der Waals surface area (Å²) in [5, 5.41) is 12.8. The number of carbonyl (C=O) groups excluding carboxylic acids is 1. The van der Waals surface area contributed by atoms with E-state index < -0.39 is 0 Å². The normalized spacial score (nSPS) is 10.2. The average molecular weight is 339 g/mol. The summed E-state index contributed by atoms with van der Waals surface area (Å²) in [6, 6.07) is 13.6. The van der Waals surface area contributed by atoms with E-state index in [0.29, 0.717) is 22.8 Å². The SMILES string of the molecule is CCCc1ccc(C#N)c(SCCC(=O)Nc2ccc(C)cc2)n1. The summed E-state index contributed by atoms with van der Waals surface area (Å²) in [4.78, 5) is 16.5. The zero-order valence-electron chi connectivity index (χ0n) is 14.0. The second-order valence-electron chi connectivity index (χ2n) is 5.53. The average Bonchev–Trinajstić information content (AvgIpc) is 2.57. The minimum atomic E-state index is -0.0328. The Labute approximate surface area is 147 Å². The molecule has 0 bridgehead atoms. The van der Waals surface area contributed by atoms with Gasteiger partial charge >= 0.3 is 0 Å². The zero-order chi connectivity index (χ0) is 17.4. The lowest BCUT2D eigenvalue weighted by molar-refractivity contribution is -0.115. The third kappa shape index (κ3) is 5.39. The van der Waals surface area contributed by atoms with Gasteiger partial charge in [0.25, 0.3) is 0 Å². The van der Waals surface area contributed by atoms with Crippen LogP contribution in [0.25, 0.3) is 0 Å². The molecular weight excluding hydrogens is 318 g/mol. The van der Waals surface area contributed by atoms with Crippen LogP contribution < -0.4 is 5.32 Å². The van der Waals surface area contributed by atoms with Crippen molar-refractivity contribution in [3.05, 3.63) is 53.2 Å². The Kier molecular flexibility index (Phi) is 6.83. The minimum Gasteiger partial charge on any atom is -0.326 e. The maximum Gasteiger partial charge on any atom is 0.225 e. The van der Waals surface area contributed by atoms with Gasteiger partial charge in [0.05, 0.1) is 5.56 Å². The van der Waals surface area contributed by atoms with E-state index in [-0.39, 0.29) is 5.91 Å². The highest BCUT2D eigenvalue weighted by Crippen LogP contribution is 2.22. The first-order valence-electron chi connectivity index (χ1n) is 8.01. The molecule has 1 aromatic carbocycles. The van der Waals surface area contributed by atoms with Crippen molar-refractivity contribution >= 4 is 23.4 Å². The molecule has 0 spiro atoms. The molecule has 1 amide bonds. The fourth-order valence-electron chi connectivity index (χ4n) is 2.17. The molecule has 5 heteroatoms. The van der Waals surface area contributed by atoms with E-state index in [1.807, 2.05) is 43.3 Å². The van der Waals surface area contributed by atoms with E-state index in [0.717, 1.165) is 29.8 Å². The van der Waals surface area contributed by atoms with Crippen molar-refractivity contribution in [3.63, 3.8) is 0 Å². The van der Waals surface area contributed by atoms with Crippen LogP contribution >= 0.6 is 11.8 Å². The second kappa shape index (κ2) is 9.09. The number of nitrogens with one attached hydrogen (secondary N) is 1. The maximum absolute atomic E-state index is 12.0. The minimum absolute atomic E-state index is 0.0328. The van der Waals surface area contributed by atoms with E-state index in [2.05, 4.69) is 23.3 Å². The van der Waals surface area contributed by atoms with E-state index in [4.69, 9.17) is 0 Å². The van der Waals surface area contributed by atoms with Crippen molar-refractivity contribution in [2.75, 3.05) is 11.1 Å². The number of thioether (sulfide) groups is 1. The molecule has 0 saturated carbocycles. The molecule has 1 N–H and O–H groups in total. The topological polar surface area (TPSA) is 65.8 Å². The van der Waals surface area contributed by atoms with Crippen molar-refractivity contribution in [1.82, 2.24) is 4.98 Å². The summed E-state index contributed by atoms with van der Waals surface area (Å²) in [5.74, 6) is 0.559. The van der Waals surface area contributed by atoms with Crippen LogP contribution in [0.2, 0.25) is 0 Å². The van der Waals surface area contributed by atoms with E-state index in [9.17, 15) is 10.1 Å². The summed E-state index contributed by atoms with van der Waals surface area (Å²) in [5.41, 5.74) is 3.52. The molecule has 1 aromatic heterocycles. The quantitative estimate of drug-likeness (QED) is 0.762. The van der Waals surface area contributed by atoms with Gasteiger partial charge in [-0.3, -0.25) is 4.79 Å². The van der Waals surface area contributed by atoms with Gasteiger partial charge in [-0.25, -0.2) is 4.98 Å². The number of nitriles is 1. The summed E-state index contributed by atoms with van der Waals surface area (Å²) in [7, 11) is 0. The van der Waals surface area contributed by atoms with Crippen LogP contribution in [0.3, 0.4) is 0 Å². The fourth-order valence-corrected chi connectivity index (χ4v) is 3.10. The smallest absolute Gasteiger partial charge is 0.225 e. The number of hydrogen-bond acceptors (Lipinski definition) is 4. The lowest BCUT2D eigenvalue weighted by Gasteiger charge is -2.07. The van der Waals surface area contributed by atoms with Gasteiger partial charge in [0.2, 0.25) is 5.91 Å². The van der Waals surface area contributed by atoms with E-state index in [1.54, 1.807) is 0 Å². The fraction of sp³-hybridized carbons (Fsp3) is 0.316. The largest absolute Gasteiger partial charge is 0.326 e. The number of pyridine rings is 1. The van der Waals surface area contributed by atoms with Crippen LogP contribution in [-0.2, 0) is 11.2 Å². The molecule has 0 saturated heterocycles. The number of aryl methyl sites for hydroxylation is 2. The Morgan fingerprint density at radius 2 is 2.00 bits per heavy atom. The lowest BCUT2D eigenvalue weighted by Crippen LogP contribution is -2.12. The van der Waals surface area contributed by atoms with Gasteiger partial charge in [0.15, 0.2) is 0 Å². The summed E-state index contributed by atoms with van der Waals surface area (Å²) in [6.45, 7) is 4.11. The number of rotatable bonds is 7. The Morgan fingerprint density at radius 3 is 2.67 bits per heavy atom. The van der Waals surface area contributed by atoms with Gasteiger partial charge < -0.3 is 5.32 Å². The maximum atomic E-state index is 12.0. The Bertz CT molecular complexity index is 735. The van der Waals surface area contributed by atoms with Gasteiger partial charge in [0, 0.05) is 23.6 Å². The Hall–Kier alpha value is -2.32. The highest BCUT2D eigenvalue weighted by Gasteiger charge is 2.08. The monoisotopic (exact) mass is 339 g/mol. The van der Waals surface area contributed by atoms with Crippen LogP contribution in [0.5, 0.6) is 0 Å². The first-order valence-corrected chi connectivity index (χ1v) is 9.00. The summed E-state index contributed by atoms with van der Waals surface area (Å²) in [6.07, 6.45) is 2.29. The zero-order valence-corrected chi connectivity index (χ0v) is 14.8. The molecule has 0 aliphatic heterocycles. The van der Waals surface area contributed by atoms with E-state index in [1.165, 1.54) is 11.8 Å². The molecule has 24 heavy (non-hydrogen) atoms. The van der Waals surface area contributed by atoms with Gasteiger partial charge in [-0.05, 0) is 37.6 Å². The van der Waals surface area contributed by atoms with Crippen LogP contribution in [0.4, 0.5) is 5.69 Å². The Balaban J connectivity index is 1.89. The Morgan fingerprint density at radius 1 is 1.25 bits per heavy atom. The molecule has 0 unspecified atom stereocenters. The van der Waals surface area contributed by atoms with Crippen molar-refractivity contribution in [1.29, 1.82) is 5.26 Å². The molecule has 0 aliphatic rings. The predicted molar refractivity (Wildman–Crippen MR) is 98.1 cm³/mol. The van der Waals surface area contributed by atoms with Gasteiger partial charge in [-0.15, -0.1) is 11.8 Å². The number of benzene rings is 1. The number of aromatic nitrogens is 1. The third-order valence-corrected chi connectivity index (χ3v) is 4.44. The van der Waals surface area contributed by atoms with Crippen LogP contribution in [0.1, 0.15) is 36.6 Å². The van der Waals surface area contributed by atoms with Crippen molar-refractivity contribution in [2.24, 2.45) is 0 Å². The van der Waals surface area contributed by atoms with Gasteiger partial charge in [-0.1, -0.05) is 31.0 Å². The first kappa shape index (κ1) is 18.0. The standard InChI is InChI=1S/C19H21N3OS/c1-3-4-16-10-7-15(13-20)19(22-16)24-12-11-18(23)21-17-8-5-14(2)6-9-17/h5-10H,3-4,11-12H2,1-2H3,(H,21,23). The lowest BCUT2D eigenvalue weighted by atomic mass is 10.2. The highest BCUT2D eigenvalue weighted by atomic mass is 32.2. The third-order valence-electron chi connectivity index (χ3n) is 3.45. The van der Waals surface area contributed by atoms with Crippen LogP contribution in [0, 0.1) is 18.3 Å². The number of anilines is 1. The summed E-state index contributed by atoms with van der Waals surface area (Å²) >= 11 is 1.46. The molecule has 0 aliphatic carbocycles. The van der Waals surface area contributed by atoms with Crippen molar-refractivity contribution < 1.29 is 4.79 Å². The highest BCUT2D eigenvalue weighted by molar-refractivity contribution is 7.99. The molecule has 4 nitrogen and oxygen atoms in total. The first-order chi connectivity index (χ1) is 11.6. The number of hydrogen-bond donors (Lipinski definition) is 1. The molecule has 2 aromatic rings. The molecule has 2 rings (SSSR count). The molecule has 124 valence electrons. The number of amides is 1. The molecule has 0 atom stereocenters. The predicted octanol–water partition coefficient (Wildman–Crippen LogP) is 4.34. The summed E-state index contributed by atoms with van der Waals surface area (Å²) < 4.78 is 0. The van der Waals surface area contributed by atoms with Gasteiger partial charge in [-0.2, -0.15) is 5.26 Å². The number of nitrogens with zero attached hydrogens (tertiary/aromatic N) is 2. The number of carbonyl (C=O) groups is 1. The van der Waals surface area contributed by atoms with Crippen molar-refractivity contribution in [3.8, 4) is 6.07 Å². The molecule has 0 radical (unpaired) electrons.